The first-order chi connectivity index (χ1) is 9.31. The van der Waals surface area contributed by atoms with E-state index in [0.29, 0.717) is 0 Å². The van der Waals surface area contributed by atoms with Gasteiger partial charge in [0.15, 0.2) is 0 Å². The molecule has 4 heteroatoms. The van der Waals surface area contributed by atoms with Gasteiger partial charge in [-0.05, 0) is 11.8 Å². The van der Waals surface area contributed by atoms with E-state index in [0.717, 1.165) is 25.8 Å². The Balaban J connectivity index is -0.000000348. The first kappa shape index (κ1) is 27.0. The van der Waals surface area contributed by atoms with Crippen molar-refractivity contribution in [2.24, 2.45) is 16.7 Å². The summed E-state index contributed by atoms with van der Waals surface area (Å²) in [5.41, 5.74) is -0.0645. The molecule has 0 aromatic rings. The molecular formula is C18H35NO2Y-2. The molecule has 3 nitrogen and oxygen atoms in total. The summed E-state index contributed by atoms with van der Waals surface area (Å²) in [4.78, 5) is 21.9. The van der Waals surface area contributed by atoms with Crippen LogP contribution in [0.25, 0.3) is 0 Å². The van der Waals surface area contributed by atoms with Crippen LogP contribution in [0.4, 0.5) is 0 Å². The maximum absolute atomic E-state index is 11.8. The van der Waals surface area contributed by atoms with Crippen molar-refractivity contribution < 1.29 is 42.3 Å². The van der Waals surface area contributed by atoms with Gasteiger partial charge in [-0.1, -0.05) is 61.3 Å². The van der Waals surface area contributed by atoms with Crippen molar-refractivity contribution in [3.63, 3.8) is 0 Å². The first-order valence-corrected chi connectivity index (χ1v) is 7.78. The van der Waals surface area contributed by atoms with Crippen LogP contribution >= 0.6 is 0 Å². The molecule has 0 fully saturated rings. The molecule has 0 aliphatic heterocycles. The Hall–Kier alpha value is 0.114. The Morgan fingerprint density at radius 3 is 1.82 bits per heavy atom. The zero-order chi connectivity index (χ0) is 17.3. The zero-order valence-corrected chi connectivity index (χ0v) is 18.6. The van der Waals surface area contributed by atoms with Crippen LogP contribution in [0.2, 0.25) is 0 Å². The van der Waals surface area contributed by atoms with E-state index < -0.39 is 0 Å². The number of amides is 1. The Kier molecular flexibility index (Phi) is 15.4. The van der Waals surface area contributed by atoms with Gasteiger partial charge in [0.25, 0.3) is 0 Å². The molecule has 0 aromatic carbocycles. The summed E-state index contributed by atoms with van der Waals surface area (Å²) in [6.07, 6.45) is 3.02. The minimum Gasteiger partial charge on any atom is -0.381 e. The molecular weight excluding hydrogens is 351 g/mol. The Bertz CT molecular complexity index is 314. The molecule has 0 saturated carbocycles. The molecule has 0 rings (SSSR count). The van der Waals surface area contributed by atoms with Gasteiger partial charge >= 0.3 is 0 Å². The van der Waals surface area contributed by atoms with Gasteiger partial charge in [-0.15, -0.1) is 5.92 Å². The summed E-state index contributed by atoms with van der Waals surface area (Å²) >= 11 is 0. The van der Waals surface area contributed by atoms with Gasteiger partial charge in [0.2, 0.25) is 0 Å². The summed E-state index contributed by atoms with van der Waals surface area (Å²) in [6, 6.07) is 0. The molecule has 1 unspecified atom stereocenters. The van der Waals surface area contributed by atoms with Gasteiger partial charge in [-0.2, -0.15) is 0 Å². The quantitative estimate of drug-likeness (QED) is 0.568. The van der Waals surface area contributed by atoms with Crippen LogP contribution < -0.4 is 5.32 Å². The van der Waals surface area contributed by atoms with Crippen LogP contribution in [0.5, 0.6) is 0 Å². The molecule has 0 aliphatic rings. The average molecular weight is 386 g/mol. The maximum Gasteiger partial charge on any atom is 0.111 e. The smallest absolute Gasteiger partial charge is 0.111 e. The third-order valence-electron chi connectivity index (χ3n) is 2.82. The Morgan fingerprint density at radius 1 is 1.09 bits per heavy atom. The third-order valence-corrected chi connectivity index (χ3v) is 2.82. The minimum absolute atomic E-state index is 0. The van der Waals surface area contributed by atoms with Gasteiger partial charge in [-0.25, -0.2) is 0 Å². The van der Waals surface area contributed by atoms with Crippen molar-refractivity contribution >= 4 is 11.7 Å². The third kappa shape index (κ3) is 18.2. The number of carbonyl (C=O) groups is 2. The number of carbonyl (C=O) groups excluding carboxylic acids is 2. The monoisotopic (exact) mass is 386 g/mol. The normalized spacial score (nSPS) is 12.4. The summed E-state index contributed by atoms with van der Waals surface area (Å²) < 4.78 is 0. The topological polar surface area (TPSA) is 46.2 Å². The molecule has 0 aliphatic carbocycles. The molecule has 129 valence electrons. The number of rotatable bonds is 5. The number of nitrogens with one attached hydrogen (secondary N) is 1. The molecule has 22 heavy (non-hydrogen) atoms. The average Bonchev–Trinajstić information content (AvgIpc) is 2.25. The largest absolute Gasteiger partial charge is 0.381 e. The molecule has 0 spiro atoms. The van der Waals surface area contributed by atoms with E-state index in [1.807, 2.05) is 20.8 Å². The second kappa shape index (κ2) is 12.5. The molecule has 1 radical (unpaired) electrons. The van der Waals surface area contributed by atoms with E-state index in [1.165, 1.54) is 0 Å². The van der Waals surface area contributed by atoms with Crippen molar-refractivity contribution in [2.45, 2.75) is 67.7 Å². The summed E-state index contributed by atoms with van der Waals surface area (Å²) in [5.74, 6) is 0.0147. The van der Waals surface area contributed by atoms with Gasteiger partial charge < -0.3 is 28.8 Å². The van der Waals surface area contributed by atoms with Crippen LogP contribution in [-0.4, -0.2) is 18.2 Å². The summed E-state index contributed by atoms with van der Waals surface area (Å²) in [6.45, 7) is 22.2. The van der Waals surface area contributed by atoms with Crippen molar-refractivity contribution in [2.75, 3.05) is 6.54 Å². The summed E-state index contributed by atoms with van der Waals surface area (Å²) in [5, 5.41) is 2.60. The second-order valence-corrected chi connectivity index (χ2v) is 7.78. The van der Waals surface area contributed by atoms with Gasteiger partial charge in [0.05, 0.1) is 5.91 Å². The number of unbranched alkanes of at least 4 members (excludes halogenated alkanes) is 1. The number of hydrogen-bond donors (Lipinski definition) is 1. The molecule has 1 N–H and O–H groups in total. The Morgan fingerprint density at radius 2 is 1.55 bits per heavy atom. The Labute approximate surface area is 163 Å². The maximum atomic E-state index is 11.8. The summed E-state index contributed by atoms with van der Waals surface area (Å²) in [7, 11) is 0. The predicted octanol–water partition coefficient (Wildman–Crippen LogP) is 4.22. The van der Waals surface area contributed by atoms with E-state index in [4.69, 9.17) is 0 Å². The molecule has 0 aromatic heterocycles. The van der Waals surface area contributed by atoms with Crippen molar-refractivity contribution in [1.29, 1.82) is 0 Å². The fraction of sp³-hybridized carbons (Fsp3) is 0.778. The van der Waals surface area contributed by atoms with Crippen LogP contribution in [0.15, 0.2) is 0 Å². The molecule has 0 heterocycles. The van der Waals surface area contributed by atoms with Gasteiger partial charge in [0, 0.05) is 44.7 Å². The fourth-order valence-corrected chi connectivity index (χ4v) is 1.85. The van der Waals surface area contributed by atoms with Crippen LogP contribution in [-0.2, 0) is 42.3 Å². The first-order valence-electron chi connectivity index (χ1n) is 7.78. The van der Waals surface area contributed by atoms with Crippen LogP contribution in [0, 0.1) is 30.6 Å². The molecule has 1 amide bonds. The second-order valence-electron chi connectivity index (χ2n) is 7.78. The molecule has 0 bridgehead atoms. The molecule has 0 saturated heterocycles. The van der Waals surface area contributed by atoms with Crippen molar-refractivity contribution in [1.82, 2.24) is 5.32 Å². The SMILES string of the molecule is [CH2-]C(=O)NCCCC.[CH2-]C(CC(C)(C)C)C(=O)C(C)(C)C.[Y]. The van der Waals surface area contributed by atoms with Crippen molar-refractivity contribution in [3.05, 3.63) is 13.8 Å². The van der Waals surface area contributed by atoms with Gasteiger partial charge in [-0.3, -0.25) is 0 Å². The minimum atomic E-state index is -0.252. The standard InChI is InChI=1S/C12H23O.C6H12NO.Y/c1-9(8-11(2,3)4)10(13)12(5,6)7;1-3-4-5-7-6(2)8;/h9H,1,8H2,2-7H3;2-5H2,1H3,(H,7,8);/q2*-1;. The van der Waals surface area contributed by atoms with Crippen molar-refractivity contribution in [3.8, 4) is 0 Å². The van der Waals surface area contributed by atoms with E-state index in [1.54, 1.807) is 0 Å². The van der Waals surface area contributed by atoms with E-state index >= 15 is 0 Å². The number of ketones is 1. The van der Waals surface area contributed by atoms with Crippen LogP contribution in [0.1, 0.15) is 67.7 Å². The number of hydrogen-bond acceptors (Lipinski definition) is 2. The number of Topliss-reactive ketones (excluding diaryl/α,β-unsaturated/α-hetero) is 1. The van der Waals surface area contributed by atoms with Gasteiger partial charge in [0.1, 0.15) is 5.78 Å². The van der Waals surface area contributed by atoms with Crippen LogP contribution in [0.3, 0.4) is 0 Å². The molecule has 1 atom stereocenters. The zero-order valence-electron chi connectivity index (χ0n) is 15.7. The predicted molar refractivity (Wildman–Crippen MR) is 90.7 cm³/mol. The van der Waals surface area contributed by atoms with E-state index in [9.17, 15) is 9.59 Å². The van der Waals surface area contributed by atoms with E-state index in [-0.39, 0.29) is 61.1 Å². The fourth-order valence-electron chi connectivity index (χ4n) is 1.85. The van der Waals surface area contributed by atoms with E-state index in [2.05, 4.69) is 46.9 Å².